The lowest BCUT2D eigenvalue weighted by Crippen LogP contribution is -2.41. The number of rotatable bonds is 4. The SMILES string of the molecule is C[C@H](N[C@@H]1CCCc2ccccc21)C(=O)Nc1ccc(Cl)cc1Cl. The number of nitrogens with one attached hydrogen (secondary N) is 2. The number of aryl methyl sites for hydroxylation is 1. The Hall–Kier alpha value is -1.55. The maximum absolute atomic E-state index is 12.5. The molecule has 2 atom stereocenters. The number of amides is 1. The van der Waals surface area contributed by atoms with Gasteiger partial charge in [-0.3, -0.25) is 10.1 Å². The highest BCUT2D eigenvalue weighted by molar-refractivity contribution is 6.36. The zero-order valence-corrected chi connectivity index (χ0v) is 15.0. The summed E-state index contributed by atoms with van der Waals surface area (Å²) in [5.74, 6) is -0.109. The summed E-state index contributed by atoms with van der Waals surface area (Å²) in [5, 5.41) is 7.28. The van der Waals surface area contributed by atoms with Crippen molar-refractivity contribution < 1.29 is 4.79 Å². The number of carbonyl (C=O) groups excluding carboxylic acids is 1. The normalized spacial score (nSPS) is 17.9. The molecule has 126 valence electrons. The third kappa shape index (κ3) is 3.92. The number of hydrogen-bond donors (Lipinski definition) is 2. The molecule has 0 aliphatic heterocycles. The summed E-state index contributed by atoms with van der Waals surface area (Å²) in [4.78, 5) is 12.5. The van der Waals surface area contributed by atoms with Gasteiger partial charge in [0.15, 0.2) is 0 Å². The quantitative estimate of drug-likeness (QED) is 0.804. The molecule has 1 aliphatic carbocycles. The highest BCUT2D eigenvalue weighted by Crippen LogP contribution is 2.30. The van der Waals surface area contributed by atoms with Crippen molar-refractivity contribution in [1.82, 2.24) is 5.32 Å². The van der Waals surface area contributed by atoms with E-state index in [0.29, 0.717) is 15.7 Å². The molecule has 0 saturated heterocycles. The molecule has 2 aromatic carbocycles. The minimum absolute atomic E-state index is 0.109. The van der Waals surface area contributed by atoms with E-state index in [4.69, 9.17) is 23.2 Å². The lowest BCUT2D eigenvalue weighted by Gasteiger charge is -2.29. The summed E-state index contributed by atoms with van der Waals surface area (Å²) < 4.78 is 0. The second-order valence-corrected chi connectivity index (χ2v) is 6.99. The van der Waals surface area contributed by atoms with Gasteiger partial charge in [-0.05, 0) is 55.5 Å². The third-order valence-electron chi connectivity index (χ3n) is 4.40. The maximum atomic E-state index is 12.5. The third-order valence-corrected chi connectivity index (χ3v) is 4.95. The highest BCUT2D eigenvalue weighted by Gasteiger charge is 2.24. The van der Waals surface area contributed by atoms with Crippen LogP contribution in [0.3, 0.4) is 0 Å². The van der Waals surface area contributed by atoms with Gasteiger partial charge in [0.25, 0.3) is 0 Å². The van der Waals surface area contributed by atoms with Crippen LogP contribution < -0.4 is 10.6 Å². The second-order valence-electron chi connectivity index (χ2n) is 6.15. The number of halogens is 2. The Balaban J connectivity index is 1.67. The number of benzene rings is 2. The van der Waals surface area contributed by atoms with E-state index in [1.807, 2.05) is 6.92 Å². The van der Waals surface area contributed by atoms with Crippen LogP contribution in [0, 0.1) is 0 Å². The van der Waals surface area contributed by atoms with Crippen LogP contribution >= 0.6 is 23.2 Å². The molecule has 3 rings (SSSR count). The Morgan fingerprint density at radius 2 is 2.00 bits per heavy atom. The van der Waals surface area contributed by atoms with Crippen molar-refractivity contribution in [2.45, 2.75) is 38.3 Å². The Bertz CT molecular complexity index is 748. The van der Waals surface area contributed by atoms with Crippen LogP contribution in [-0.2, 0) is 11.2 Å². The van der Waals surface area contributed by atoms with Crippen molar-refractivity contribution in [2.24, 2.45) is 0 Å². The zero-order chi connectivity index (χ0) is 17.1. The summed E-state index contributed by atoms with van der Waals surface area (Å²) in [5.41, 5.74) is 3.24. The molecule has 0 heterocycles. The van der Waals surface area contributed by atoms with Crippen molar-refractivity contribution in [3.8, 4) is 0 Å². The summed E-state index contributed by atoms with van der Waals surface area (Å²) >= 11 is 12.0. The van der Waals surface area contributed by atoms with Gasteiger partial charge in [0, 0.05) is 11.1 Å². The predicted octanol–water partition coefficient (Wildman–Crippen LogP) is 4.99. The topological polar surface area (TPSA) is 41.1 Å². The summed E-state index contributed by atoms with van der Waals surface area (Å²) in [6.07, 6.45) is 3.28. The number of anilines is 1. The minimum Gasteiger partial charge on any atom is -0.323 e. The van der Waals surface area contributed by atoms with Gasteiger partial charge in [-0.25, -0.2) is 0 Å². The van der Waals surface area contributed by atoms with Crippen molar-refractivity contribution >= 4 is 34.8 Å². The van der Waals surface area contributed by atoms with E-state index < -0.39 is 0 Å². The number of hydrogen-bond acceptors (Lipinski definition) is 2. The number of carbonyl (C=O) groups is 1. The van der Waals surface area contributed by atoms with Crippen LogP contribution in [0.1, 0.15) is 36.9 Å². The molecule has 2 aromatic rings. The Morgan fingerprint density at radius 3 is 2.79 bits per heavy atom. The van der Waals surface area contributed by atoms with E-state index in [1.54, 1.807) is 18.2 Å². The van der Waals surface area contributed by atoms with Crippen LogP contribution in [0.15, 0.2) is 42.5 Å². The standard InChI is InChI=1S/C19H20Cl2N2O/c1-12(19(24)23-18-10-9-14(20)11-16(18)21)22-17-8-4-6-13-5-2-3-7-15(13)17/h2-3,5,7,9-12,17,22H,4,6,8H2,1H3,(H,23,24)/t12-,17+/m0/s1. The molecular weight excluding hydrogens is 343 g/mol. The van der Waals surface area contributed by atoms with Gasteiger partial charge in [-0.1, -0.05) is 47.5 Å². The zero-order valence-electron chi connectivity index (χ0n) is 13.5. The Morgan fingerprint density at radius 1 is 1.21 bits per heavy atom. The van der Waals surface area contributed by atoms with Gasteiger partial charge in [-0.15, -0.1) is 0 Å². The first-order valence-electron chi connectivity index (χ1n) is 8.14. The van der Waals surface area contributed by atoms with E-state index in [9.17, 15) is 4.79 Å². The van der Waals surface area contributed by atoms with Gasteiger partial charge in [0.1, 0.15) is 0 Å². The molecule has 24 heavy (non-hydrogen) atoms. The highest BCUT2D eigenvalue weighted by atomic mass is 35.5. The Kier molecular flexibility index (Phi) is 5.44. The van der Waals surface area contributed by atoms with Crippen molar-refractivity contribution in [1.29, 1.82) is 0 Å². The van der Waals surface area contributed by atoms with E-state index >= 15 is 0 Å². The molecule has 1 amide bonds. The maximum Gasteiger partial charge on any atom is 0.241 e. The molecule has 5 heteroatoms. The van der Waals surface area contributed by atoms with Gasteiger partial charge in [0.05, 0.1) is 16.8 Å². The molecule has 0 spiro atoms. The monoisotopic (exact) mass is 362 g/mol. The van der Waals surface area contributed by atoms with Crippen molar-refractivity contribution in [2.75, 3.05) is 5.32 Å². The largest absolute Gasteiger partial charge is 0.323 e. The van der Waals surface area contributed by atoms with Crippen LogP contribution in [0.4, 0.5) is 5.69 Å². The van der Waals surface area contributed by atoms with Gasteiger partial charge in [-0.2, -0.15) is 0 Å². The summed E-state index contributed by atoms with van der Waals surface area (Å²) in [6, 6.07) is 13.4. The fraction of sp³-hybridized carbons (Fsp3) is 0.316. The Labute approximate surface area is 152 Å². The fourth-order valence-electron chi connectivity index (χ4n) is 3.14. The average Bonchev–Trinajstić information content (AvgIpc) is 2.57. The van der Waals surface area contributed by atoms with E-state index in [0.717, 1.165) is 19.3 Å². The van der Waals surface area contributed by atoms with Crippen LogP contribution in [0.25, 0.3) is 0 Å². The van der Waals surface area contributed by atoms with E-state index in [1.165, 1.54) is 11.1 Å². The van der Waals surface area contributed by atoms with Gasteiger partial charge in [0.2, 0.25) is 5.91 Å². The average molecular weight is 363 g/mol. The molecule has 2 N–H and O–H groups in total. The fourth-order valence-corrected chi connectivity index (χ4v) is 3.59. The molecule has 1 aliphatic rings. The van der Waals surface area contributed by atoms with E-state index in [-0.39, 0.29) is 18.0 Å². The summed E-state index contributed by atoms with van der Waals surface area (Å²) in [7, 11) is 0. The molecule has 3 nitrogen and oxygen atoms in total. The van der Waals surface area contributed by atoms with Crippen LogP contribution in [-0.4, -0.2) is 11.9 Å². The van der Waals surface area contributed by atoms with Gasteiger partial charge < -0.3 is 5.32 Å². The number of fused-ring (bicyclic) bond motifs is 1. The minimum atomic E-state index is -0.326. The molecule has 0 saturated carbocycles. The van der Waals surface area contributed by atoms with Gasteiger partial charge >= 0.3 is 0 Å². The lowest BCUT2D eigenvalue weighted by atomic mass is 9.87. The second kappa shape index (κ2) is 7.56. The molecule has 0 fully saturated rings. The molecule has 0 unspecified atom stereocenters. The summed E-state index contributed by atoms with van der Waals surface area (Å²) in [6.45, 7) is 1.87. The molecule has 0 radical (unpaired) electrons. The van der Waals surface area contributed by atoms with Crippen LogP contribution in [0.2, 0.25) is 10.0 Å². The van der Waals surface area contributed by atoms with Crippen LogP contribution in [0.5, 0.6) is 0 Å². The first kappa shape index (κ1) is 17.3. The van der Waals surface area contributed by atoms with Crippen molar-refractivity contribution in [3.05, 3.63) is 63.6 Å². The smallest absolute Gasteiger partial charge is 0.241 e. The van der Waals surface area contributed by atoms with Crippen molar-refractivity contribution in [3.63, 3.8) is 0 Å². The molecule has 0 aromatic heterocycles. The molecular formula is C19H20Cl2N2O. The lowest BCUT2D eigenvalue weighted by molar-refractivity contribution is -0.118. The van der Waals surface area contributed by atoms with E-state index in [2.05, 4.69) is 34.9 Å². The first-order valence-corrected chi connectivity index (χ1v) is 8.90. The predicted molar refractivity (Wildman–Crippen MR) is 99.8 cm³/mol. The first-order chi connectivity index (χ1) is 11.5. The molecule has 0 bridgehead atoms.